The Balaban J connectivity index is 1.95. The second kappa shape index (κ2) is 11.2. The van der Waals surface area contributed by atoms with Gasteiger partial charge in [0.2, 0.25) is 0 Å². The Labute approximate surface area is 163 Å². The number of halogens is 2. The zero-order valence-electron chi connectivity index (χ0n) is 15.9. The van der Waals surface area contributed by atoms with E-state index < -0.39 is 23.6 Å². The van der Waals surface area contributed by atoms with Gasteiger partial charge in [-0.2, -0.15) is 0 Å². The van der Waals surface area contributed by atoms with Crippen molar-refractivity contribution in [3.63, 3.8) is 0 Å². The third-order valence-corrected chi connectivity index (χ3v) is 4.14. The molecule has 0 spiro atoms. The predicted molar refractivity (Wildman–Crippen MR) is 101 cm³/mol. The van der Waals surface area contributed by atoms with E-state index in [1.165, 1.54) is 31.4 Å². The highest BCUT2D eigenvalue weighted by Gasteiger charge is 2.20. The number of hydrogen-bond donors (Lipinski definition) is 0. The van der Waals surface area contributed by atoms with Crippen molar-refractivity contribution in [2.24, 2.45) is 0 Å². The lowest BCUT2D eigenvalue weighted by Gasteiger charge is -2.10. The van der Waals surface area contributed by atoms with E-state index in [4.69, 9.17) is 9.47 Å². The summed E-state index contributed by atoms with van der Waals surface area (Å²) in [6.07, 6.45) is 6.36. The van der Waals surface area contributed by atoms with Crippen LogP contribution in [0.15, 0.2) is 42.5 Å². The van der Waals surface area contributed by atoms with Crippen molar-refractivity contribution in [1.29, 1.82) is 0 Å². The third kappa shape index (κ3) is 6.76. The van der Waals surface area contributed by atoms with E-state index in [-0.39, 0.29) is 23.5 Å². The molecule has 0 radical (unpaired) electrons. The summed E-state index contributed by atoms with van der Waals surface area (Å²) in [7, 11) is 0. The van der Waals surface area contributed by atoms with Crippen LogP contribution >= 0.6 is 0 Å². The molecule has 150 valence electrons. The minimum absolute atomic E-state index is 0.0277. The van der Waals surface area contributed by atoms with Crippen LogP contribution in [0.2, 0.25) is 0 Å². The van der Waals surface area contributed by atoms with Gasteiger partial charge in [0.15, 0.2) is 0 Å². The number of unbranched alkanes of at least 4 members (excludes halogenated alkanes) is 5. The van der Waals surface area contributed by atoms with Crippen molar-refractivity contribution in [2.75, 3.05) is 6.61 Å². The van der Waals surface area contributed by atoms with E-state index in [0.29, 0.717) is 6.07 Å². The van der Waals surface area contributed by atoms with Crippen molar-refractivity contribution in [1.82, 2.24) is 0 Å². The Bertz CT molecular complexity index is 785. The van der Waals surface area contributed by atoms with Crippen LogP contribution in [0.4, 0.5) is 8.78 Å². The quantitative estimate of drug-likeness (QED) is 0.297. The van der Waals surface area contributed by atoms with Crippen molar-refractivity contribution in [3.8, 4) is 5.75 Å². The zero-order valence-corrected chi connectivity index (χ0v) is 15.9. The number of benzene rings is 2. The summed E-state index contributed by atoms with van der Waals surface area (Å²) in [5.74, 6) is -3.54. The van der Waals surface area contributed by atoms with Gasteiger partial charge in [0, 0.05) is 18.2 Å². The van der Waals surface area contributed by atoms with Gasteiger partial charge in [0.1, 0.15) is 17.4 Å². The number of carbonyl (C=O) groups is 2. The lowest BCUT2D eigenvalue weighted by Crippen LogP contribution is -2.16. The second-order valence-electron chi connectivity index (χ2n) is 6.44. The van der Waals surface area contributed by atoms with Crippen LogP contribution in [0.3, 0.4) is 0 Å². The first-order valence-electron chi connectivity index (χ1n) is 9.45. The summed E-state index contributed by atoms with van der Waals surface area (Å²) in [6, 6.07) is 8.46. The van der Waals surface area contributed by atoms with Crippen LogP contribution in [-0.2, 0) is 4.74 Å². The monoisotopic (exact) mass is 390 g/mol. The highest BCUT2D eigenvalue weighted by Crippen LogP contribution is 2.19. The average molecular weight is 390 g/mol. The Morgan fingerprint density at radius 1 is 0.821 bits per heavy atom. The molecule has 0 saturated carbocycles. The molecule has 2 aromatic rings. The Hall–Kier alpha value is -2.76. The van der Waals surface area contributed by atoms with Gasteiger partial charge in [0.05, 0.1) is 17.7 Å². The van der Waals surface area contributed by atoms with Crippen LogP contribution < -0.4 is 4.74 Å². The number of carbonyl (C=O) groups excluding carboxylic acids is 2. The molecule has 6 heteroatoms. The van der Waals surface area contributed by atoms with E-state index in [1.807, 2.05) is 0 Å². The SMILES string of the molecule is CCCCCCCCOC(=O)c1ccccc1C(=O)Oc1cc(F)cc(F)c1. The molecule has 2 aromatic carbocycles. The lowest BCUT2D eigenvalue weighted by molar-refractivity contribution is 0.0489. The molecule has 2 rings (SSSR count). The van der Waals surface area contributed by atoms with Gasteiger partial charge in [-0.15, -0.1) is 0 Å². The highest BCUT2D eigenvalue weighted by molar-refractivity contribution is 6.03. The fraction of sp³-hybridized carbons (Fsp3) is 0.364. The van der Waals surface area contributed by atoms with Gasteiger partial charge < -0.3 is 9.47 Å². The molecule has 0 aromatic heterocycles. The molecular weight excluding hydrogens is 366 g/mol. The minimum Gasteiger partial charge on any atom is -0.462 e. The summed E-state index contributed by atoms with van der Waals surface area (Å²) in [5.41, 5.74) is 0.0236. The third-order valence-electron chi connectivity index (χ3n) is 4.14. The normalized spacial score (nSPS) is 10.5. The molecule has 0 aliphatic rings. The van der Waals surface area contributed by atoms with E-state index >= 15 is 0 Å². The minimum atomic E-state index is -0.892. The first-order chi connectivity index (χ1) is 13.5. The molecule has 0 amide bonds. The van der Waals surface area contributed by atoms with Crippen LogP contribution in [0.25, 0.3) is 0 Å². The molecule has 4 nitrogen and oxygen atoms in total. The first-order valence-corrected chi connectivity index (χ1v) is 9.45. The second-order valence-corrected chi connectivity index (χ2v) is 6.44. The van der Waals surface area contributed by atoms with Crippen molar-refractivity contribution < 1.29 is 27.8 Å². The van der Waals surface area contributed by atoms with E-state index in [1.54, 1.807) is 12.1 Å². The number of ether oxygens (including phenoxy) is 2. The van der Waals surface area contributed by atoms with Gasteiger partial charge in [0.25, 0.3) is 0 Å². The fourth-order valence-electron chi connectivity index (χ4n) is 2.71. The van der Waals surface area contributed by atoms with Crippen molar-refractivity contribution >= 4 is 11.9 Å². The smallest absolute Gasteiger partial charge is 0.344 e. The van der Waals surface area contributed by atoms with Gasteiger partial charge in [-0.05, 0) is 18.6 Å². The molecule has 0 saturated heterocycles. The van der Waals surface area contributed by atoms with Crippen LogP contribution in [0.1, 0.15) is 66.2 Å². The molecular formula is C22H24F2O4. The topological polar surface area (TPSA) is 52.6 Å². The molecule has 28 heavy (non-hydrogen) atoms. The summed E-state index contributed by atoms with van der Waals surface area (Å²) >= 11 is 0. The predicted octanol–water partition coefficient (Wildman–Crippen LogP) is 5.70. The van der Waals surface area contributed by atoms with Crippen molar-refractivity contribution in [3.05, 3.63) is 65.2 Å². The van der Waals surface area contributed by atoms with Gasteiger partial charge in [-0.3, -0.25) is 0 Å². The number of hydrogen-bond acceptors (Lipinski definition) is 4. The summed E-state index contributed by atoms with van der Waals surface area (Å²) < 4.78 is 36.8. The highest BCUT2D eigenvalue weighted by atomic mass is 19.1. The van der Waals surface area contributed by atoms with Crippen LogP contribution in [-0.4, -0.2) is 18.5 Å². The largest absolute Gasteiger partial charge is 0.462 e. The molecule has 0 unspecified atom stereocenters. The summed E-state index contributed by atoms with van der Waals surface area (Å²) in [5, 5.41) is 0. The maximum absolute atomic E-state index is 13.3. The van der Waals surface area contributed by atoms with E-state index in [9.17, 15) is 18.4 Å². The van der Waals surface area contributed by atoms with E-state index in [2.05, 4.69) is 6.92 Å². The van der Waals surface area contributed by atoms with Gasteiger partial charge >= 0.3 is 11.9 Å². The Kier molecular flexibility index (Phi) is 8.59. The fourth-order valence-corrected chi connectivity index (χ4v) is 2.71. The summed E-state index contributed by atoms with van der Waals surface area (Å²) in [6.45, 7) is 2.42. The average Bonchev–Trinajstić information content (AvgIpc) is 2.66. The molecule has 0 heterocycles. The molecule has 0 fully saturated rings. The van der Waals surface area contributed by atoms with Gasteiger partial charge in [-0.1, -0.05) is 51.2 Å². The summed E-state index contributed by atoms with van der Waals surface area (Å²) in [4.78, 5) is 24.7. The number of rotatable bonds is 10. The molecule has 0 bridgehead atoms. The molecule has 0 aliphatic heterocycles. The maximum Gasteiger partial charge on any atom is 0.344 e. The molecule has 0 atom stereocenters. The van der Waals surface area contributed by atoms with Gasteiger partial charge in [-0.25, -0.2) is 18.4 Å². The first kappa shape index (κ1) is 21.5. The Morgan fingerprint density at radius 3 is 2.04 bits per heavy atom. The van der Waals surface area contributed by atoms with Crippen LogP contribution in [0.5, 0.6) is 5.75 Å². The zero-order chi connectivity index (χ0) is 20.4. The van der Waals surface area contributed by atoms with E-state index in [0.717, 1.165) is 31.4 Å². The number of esters is 2. The Morgan fingerprint density at radius 2 is 1.39 bits per heavy atom. The molecule has 0 aliphatic carbocycles. The maximum atomic E-state index is 13.3. The lowest BCUT2D eigenvalue weighted by atomic mass is 10.1. The van der Waals surface area contributed by atoms with Crippen molar-refractivity contribution in [2.45, 2.75) is 45.4 Å². The standard InChI is InChI=1S/C22H24F2O4/c1-2-3-4-5-6-9-12-27-21(25)19-10-7-8-11-20(19)22(26)28-18-14-16(23)13-17(24)15-18/h7-8,10-11,13-15H,2-6,9,12H2,1H3. The molecule has 0 N–H and O–H groups in total. The van der Waals surface area contributed by atoms with Crippen LogP contribution in [0, 0.1) is 11.6 Å².